The molecule has 0 bridgehead atoms. The van der Waals surface area contributed by atoms with Crippen LogP contribution in [0.1, 0.15) is 5.56 Å². The lowest BCUT2D eigenvalue weighted by atomic mass is 9.91. The maximum atomic E-state index is 13.5. The Hall–Kier alpha value is -4.79. The van der Waals surface area contributed by atoms with E-state index in [9.17, 15) is 4.79 Å². The molecular weight excluding hydrogens is 486 g/mol. The van der Waals surface area contributed by atoms with Gasteiger partial charge >= 0.3 is 5.63 Å². The Kier molecular flexibility index (Phi) is 5.37. The lowest BCUT2D eigenvalue weighted by molar-refractivity contribution is 0.354. The fraction of sp³-hybridized carbons (Fsp3) is 0.207. The largest absolute Gasteiger partial charge is 0.495 e. The predicted molar refractivity (Wildman–Crippen MR) is 148 cm³/mol. The number of methoxy groups -OCH3 is 4. The van der Waals surface area contributed by atoms with Crippen LogP contribution < -0.4 is 36.0 Å². The van der Waals surface area contributed by atoms with Crippen molar-refractivity contribution in [2.75, 3.05) is 39.9 Å². The molecule has 38 heavy (non-hydrogen) atoms. The molecule has 0 fully saturated rings. The average molecular weight is 514 g/mol. The second-order valence-electron chi connectivity index (χ2n) is 9.15. The Balaban J connectivity index is 1.84. The number of hydrogen-bond donors (Lipinski definition) is 2. The summed E-state index contributed by atoms with van der Waals surface area (Å²) in [6, 6.07) is 13.0. The van der Waals surface area contributed by atoms with E-state index in [0.29, 0.717) is 63.8 Å². The molecule has 3 heterocycles. The molecule has 2 aromatic heterocycles. The van der Waals surface area contributed by atoms with Gasteiger partial charge in [0, 0.05) is 34.5 Å². The molecule has 0 spiro atoms. The minimum absolute atomic E-state index is 0.375. The van der Waals surface area contributed by atoms with E-state index in [-0.39, 0.29) is 0 Å². The quantitative estimate of drug-likeness (QED) is 0.253. The first-order chi connectivity index (χ1) is 18.4. The van der Waals surface area contributed by atoms with E-state index in [0.717, 1.165) is 33.3 Å². The summed E-state index contributed by atoms with van der Waals surface area (Å²) in [5, 5.41) is 1.44. The Labute approximate surface area is 218 Å². The molecule has 9 heteroatoms. The van der Waals surface area contributed by atoms with Gasteiger partial charge < -0.3 is 39.4 Å². The van der Waals surface area contributed by atoms with Crippen molar-refractivity contribution in [3.63, 3.8) is 0 Å². The maximum Gasteiger partial charge on any atom is 0.361 e. The molecule has 1 aliphatic rings. The molecule has 4 N–H and O–H groups in total. The SMILES string of the molecule is COc1cc(-c2c3n(c4c(=O)oc5cc(N)c(OC)cc5c24)CCc2cc(OC)c(OC)cc2-3)ccc1N. The summed E-state index contributed by atoms with van der Waals surface area (Å²) in [5.74, 6) is 2.27. The van der Waals surface area contributed by atoms with E-state index >= 15 is 0 Å². The number of benzene rings is 3. The summed E-state index contributed by atoms with van der Waals surface area (Å²) < 4.78 is 30.1. The lowest BCUT2D eigenvalue weighted by Gasteiger charge is -2.23. The summed E-state index contributed by atoms with van der Waals surface area (Å²) >= 11 is 0. The number of aromatic nitrogens is 1. The standard InChI is InChI=1S/C29H27N3O6/c1-34-21-10-15(5-6-18(21)30)25-26-17-12-22(35-2)19(31)13-20(17)38-29(33)28(26)32-8-7-14-9-23(36-3)24(37-4)11-16(14)27(25)32/h5-6,9-13H,7-8,30-31H2,1-4H3. The van der Waals surface area contributed by atoms with Gasteiger partial charge in [0.1, 0.15) is 22.6 Å². The van der Waals surface area contributed by atoms with Gasteiger partial charge in [-0.1, -0.05) is 6.07 Å². The van der Waals surface area contributed by atoms with Crippen LogP contribution in [-0.4, -0.2) is 33.0 Å². The summed E-state index contributed by atoms with van der Waals surface area (Å²) in [7, 11) is 6.35. The van der Waals surface area contributed by atoms with Gasteiger partial charge in [-0.2, -0.15) is 0 Å². The number of nitrogen functional groups attached to an aromatic ring is 2. The first-order valence-corrected chi connectivity index (χ1v) is 12.1. The molecule has 6 rings (SSSR count). The van der Waals surface area contributed by atoms with Crippen LogP contribution in [-0.2, 0) is 13.0 Å². The van der Waals surface area contributed by atoms with Crippen molar-refractivity contribution in [1.29, 1.82) is 0 Å². The van der Waals surface area contributed by atoms with Crippen LogP contribution in [0.5, 0.6) is 23.0 Å². The van der Waals surface area contributed by atoms with Crippen molar-refractivity contribution >= 4 is 33.2 Å². The van der Waals surface area contributed by atoms with Crippen LogP contribution in [0.4, 0.5) is 11.4 Å². The Morgan fingerprint density at radius 3 is 2.21 bits per heavy atom. The van der Waals surface area contributed by atoms with Crippen molar-refractivity contribution in [2.24, 2.45) is 0 Å². The summed E-state index contributed by atoms with van der Waals surface area (Å²) in [6.07, 6.45) is 0.694. The maximum absolute atomic E-state index is 13.5. The zero-order chi connectivity index (χ0) is 26.7. The van der Waals surface area contributed by atoms with E-state index < -0.39 is 5.63 Å². The van der Waals surface area contributed by atoms with Crippen molar-refractivity contribution in [2.45, 2.75) is 13.0 Å². The second kappa shape index (κ2) is 8.65. The van der Waals surface area contributed by atoms with Crippen LogP contribution in [0, 0.1) is 0 Å². The first-order valence-electron chi connectivity index (χ1n) is 12.1. The highest BCUT2D eigenvalue weighted by molar-refractivity contribution is 6.17. The van der Waals surface area contributed by atoms with E-state index in [4.69, 9.17) is 34.8 Å². The molecule has 0 radical (unpaired) electrons. The highest BCUT2D eigenvalue weighted by atomic mass is 16.5. The third kappa shape index (κ3) is 3.28. The number of hydrogen-bond acceptors (Lipinski definition) is 8. The predicted octanol–water partition coefficient (Wildman–Crippen LogP) is 4.84. The van der Waals surface area contributed by atoms with Gasteiger partial charge in [-0.05, 0) is 47.9 Å². The van der Waals surface area contributed by atoms with Gasteiger partial charge in [0.05, 0.1) is 45.5 Å². The summed E-state index contributed by atoms with van der Waals surface area (Å²) in [5.41, 5.74) is 18.2. The normalized spacial score (nSPS) is 12.3. The van der Waals surface area contributed by atoms with E-state index in [2.05, 4.69) is 0 Å². The summed E-state index contributed by atoms with van der Waals surface area (Å²) in [6.45, 7) is 0.572. The zero-order valence-corrected chi connectivity index (χ0v) is 21.5. The van der Waals surface area contributed by atoms with E-state index in [1.165, 1.54) is 0 Å². The van der Waals surface area contributed by atoms with E-state index in [1.807, 2.05) is 34.9 Å². The minimum atomic E-state index is -0.448. The molecule has 0 atom stereocenters. The molecule has 0 saturated carbocycles. The lowest BCUT2D eigenvalue weighted by Crippen LogP contribution is -2.15. The molecule has 3 aromatic carbocycles. The number of nitrogens with zero attached hydrogens (tertiary/aromatic N) is 1. The van der Waals surface area contributed by atoms with Crippen LogP contribution in [0.15, 0.2) is 51.7 Å². The molecular formula is C29H27N3O6. The van der Waals surface area contributed by atoms with Crippen molar-refractivity contribution < 1.29 is 23.4 Å². The van der Waals surface area contributed by atoms with Gasteiger partial charge in [0.25, 0.3) is 0 Å². The Morgan fingerprint density at radius 1 is 0.816 bits per heavy atom. The number of anilines is 2. The average Bonchev–Trinajstić information content (AvgIpc) is 3.28. The zero-order valence-electron chi connectivity index (χ0n) is 21.5. The highest BCUT2D eigenvalue weighted by Gasteiger charge is 2.30. The van der Waals surface area contributed by atoms with Crippen LogP contribution in [0.3, 0.4) is 0 Å². The van der Waals surface area contributed by atoms with Gasteiger partial charge in [-0.25, -0.2) is 4.79 Å². The number of nitrogens with two attached hydrogens (primary N) is 2. The molecule has 194 valence electrons. The molecule has 5 aromatic rings. The second-order valence-corrected chi connectivity index (χ2v) is 9.15. The van der Waals surface area contributed by atoms with E-state index in [1.54, 1.807) is 40.6 Å². The number of ether oxygens (including phenoxy) is 4. The highest BCUT2D eigenvalue weighted by Crippen LogP contribution is 2.49. The van der Waals surface area contributed by atoms with Crippen molar-refractivity contribution in [1.82, 2.24) is 4.57 Å². The van der Waals surface area contributed by atoms with Gasteiger partial charge in [0.15, 0.2) is 11.5 Å². The minimum Gasteiger partial charge on any atom is -0.495 e. The monoisotopic (exact) mass is 513 g/mol. The Bertz CT molecular complexity index is 1820. The molecule has 0 unspecified atom stereocenters. The van der Waals surface area contributed by atoms with Crippen LogP contribution in [0.25, 0.3) is 44.3 Å². The third-order valence-electron chi connectivity index (χ3n) is 7.25. The molecule has 1 aliphatic heterocycles. The van der Waals surface area contributed by atoms with Gasteiger partial charge in [0.2, 0.25) is 0 Å². The van der Waals surface area contributed by atoms with Crippen molar-refractivity contribution in [3.05, 3.63) is 58.4 Å². The molecule has 0 amide bonds. The smallest absolute Gasteiger partial charge is 0.361 e. The topological polar surface area (TPSA) is 124 Å². The fourth-order valence-electron chi connectivity index (χ4n) is 5.51. The fourth-order valence-corrected chi connectivity index (χ4v) is 5.51. The molecule has 0 saturated heterocycles. The van der Waals surface area contributed by atoms with Gasteiger partial charge in [-0.15, -0.1) is 0 Å². The number of fused-ring (bicyclic) bond motifs is 7. The molecule has 0 aliphatic carbocycles. The van der Waals surface area contributed by atoms with Gasteiger partial charge in [-0.3, -0.25) is 0 Å². The summed E-state index contributed by atoms with van der Waals surface area (Å²) in [4.78, 5) is 13.5. The number of aryl methyl sites for hydroxylation is 2. The third-order valence-corrected chi connectivity index (χ3v) is 7.25. The van der Waals surface area contributed by atoms with Crippen molar-refractivity contribution in [3.8, 4) is 45.4 Å². The van der Waals surface area contributed by atoms with Crippen LogP contribution >= 0.6 is 0 Å². The Morgan fingerprint density at radius 2 is 1.50 bits per heavy atom. The number of rotatable bonds is 5. The first kappa shape index (κ1) is 23.6. The molecule has 9 nitrogen and oxygen atoms in total. The van der Waals surface area contributed by atoms with Crippen LogP contribution in [0.2, 0.25) is 0 Å².